The van der Waals surface area contributed by atoms with Gasteiger partial charge in [-0.3, -0.25) is 4.98 Å². The maximum atomic E-state index is 15.2. The Labute approximate surface area is 216 Å². The molecule has 0 amide bonds. The van der Waals surface area contributed by atoms with Crippen molar-refractivity contribution >= 4 is 10.8 Å². The zero-order valence-corrected chi connectivity index (χ0v) is 20.5. The van der Waals surface area contributed by atoms with Crippen molar-refractivity contribution in [2.75, 3.05) is 6.61 Å². The van der Waals surface area contributed by atoms with Crippen LogP contribution in [0.25, 0.3) is 10.8 Å². The fraction of sp³-hybridized carbons (Fsp3) is 0.276. The van der Waals surface area contributed by atoms with Crippen molar-refractivity contribution in [2.45, 2.75) is 45.4 Å². The van der Waals surface area contributed by atoms with Crippen LogP contribution in [0.1, 0.15) is 35.7 Å². The molecule has 0 aliphatic carbocycles. The molecule has 0 fully saturated rings. The number of benzene rings is 3. The van der Waals surface area contributed by atoms with Crippen LogP contribution in [0.5, 0.6) is 11.5 Å². The van der Waals surface area contributed by atoms with Crippen molar-refractivity contribution in [3.8, 4) is 11.5 Å². The van der Waals surface area contributed by atoms with Gasteiger partial charge in [-0.25, -0.2) is 13.2 Å². The molecule has 0 unspecified atom stereocenters. The fourth-order valence-corrected chi connectivity index (χ4v) is 4.12. The maximum Gasteiger partial charge on any atom is 0.573 e. The predicted octanol–water partition coefficient (Wildman–Crippen LogP) is 7.91. The Morgan fingerprint density at radius 3 is 2.18 bits per heavy atom. The predicted molar refractivity (Wildman–Crippen MR) is 132 cm³/mol. The average molecular weight is 534 g/mol. The summed E-state index contributed by atoms with van der Waals surface area (Å²) in [4.78, 5) is 4.42. The minimum Gasteiger partial charge on any atom is -0.492 e. The lowest BCUT2D eigenvalue weighted by molar-refractivity contribution is -0.276. The van der Waals surface area contributed by atoms with E-state index in [1.54, 1.807) is 24.4 Å². The van der Waals surface area contributed by atoms with Gasteiger partial charge in [-0.2, -0.15) is 0 Å². The van der Waals surface area contributed by atoms with E-state index in [9.17, 15) is 22.0 Å². The Kier molecular flexibility index (Phi) is 8.44. The van der Waals surface area contributed by atoms with Gasteiger partial charge in [-0.05, 0) is 78.4 Å². The molecule has 4 rings (SSSR count). The SMILES string of the molecule is CCCOc1ccc(CCc2ccc3c(F)c(CCc4cc(F)c(OC(F)(F)F)c(F)c4)ccc3c2)nc1. The Balaban J connectivity index is 1.41. The normalized spacial score (nSPS) is 11.7. The lowest BCUT2D eigenvalue weighted by Gasteiger charge is -2.12. The maximum absolute atomic E-state index is 15.2. The monoisotopic (exact) mass is 533 g/mol. The third-order valence-corrected chi connectivity index (χ3v) is 6.00. The summed E-state index contributed by atoms with van der Waals surface area (Å²) in [5.41, 5.74) is 2.35. The second kappa shape index (κ2) is 11.8. The Morgan fingerprint density at radius 2 is 1.53 bits per heavy atom. The van der Waals surface area contributed by atoms with Gasteiger partial charge >= 0.3 is 6.36 Å². The standard InChI is InChI=1S/C29H25F6NO2/c1-2-13-37-23-11-10-22(36-17-23)9-4-18-5-12-24-21(14-18)8-7-20(27(24)32)6-3-19-15-25(30)28(26(31)16-19)38-29(33,34)35/h5,7-8,10-12,14-17H,2-4,6,9,13H2,1H3. The van der Waals surface area contributed by atoms with Gasteiger partial charge in [0.25, 0.3) is 0 Å². The molecule has 9 heteroatoms. The highest BCUT2D eigenvalue weighted by Gasteiger charge is 2.34. The van der Waals surface area contributed by atoms with E-state index in [1.807, 2.05) is 31.2 Å². The minimum absolute atomic E-state index is 0.0237. The molecule has 0 aliphatic heterocycles. The van der Waals surface area contributed by atoms with E-state index in [1.165, 1.54) is 0 Å². The first-order valence-electron chi connectivity index (χ1n) is 12.1. The van der Waals surface area contributed by atoms with Gasteiger partial charge in [0.15, 0.2) is 11.6 Å². The highest BCUT2D eigenvalue weighted by atomic mass is 19.4. The molecule has 0 bridgehead atoms. The number of rotatable bonds is 10. The molecule has 1 heterocycles. The first kappa shape index (κ1) is 27.3. The Hall–Kier alpha value is -3.75. The summed E-state index contributed by atoms with van der Waals surface area (Å²) in [5.74, 6) is -4.17. The number of alkyl halides is 3. The zero-order valence-electron chi connectivity index (χ0n) is 20.5. The third-order valence-electron chi connectivity index (χ3n) is 6.00. The molecule has 200 valence electrons. The molecule has 0 atom stereocenters. The Bertz CT molecular complexity index is 1380. The lowest BCUT2D eigenvalue weighted by Crippen LogP contribution is -2.19. The number of hydrogen-bond donors (Lipinski definition) is 0. The van der Waals surface area contributed by atoms with Crippen LogP contribution in [0.3, 0.4) is 0 Å². The summed E-state index contributed by atoms with van der Waals surface area (Å²) in [6, 6.07) is 14.2. The van der Waals surface area contributed by atoms with Crippen molar-refractivity contribution in [2.24, 2.45) is 0 Å². The van der Waals surface area contributed by atoms with Gasteiger partial charge in [0.1, 0.15) is 11.6 Å². The van der Waals surface area contributed by atoms with Crippen LogP contribution in [0.4, 0.5) is 26.3 Å². The van der Waals surface area contributed by atoms with Gasteiger partial charge in [0.2, 0.25) is 5.75 Å². The van der Waals surface area contributed by atoms with Crippen LogP contribution < -0.4 is 9.47 Å². The van der Waals surface area contributed by atoms with E-state index >= 15 is 4.39 Å². The molecule has 0 N–H and O–H groups in total. The summed E-state index contributed by atoms with van der Waals surface area (Å²) in [5, 5.41) is 1.12. The molecule has 0 radical (unpaired) electrons. The third kappa shape index (κ3) is 6.96. The first-order valence-corrected chi connectivity index (χ1v) is 12.1. The number of halogens is 6. The van der Waals surface area contributed by atoms with Crippen LogP contribution in [-0.4, -0.2) is 18.0 Å². The van der Waals surface area contributed by atoms with Crippen molar-refractivity contribution in [1.29, 1.82) is 0 Å². The highest BCUT2D eigenvalue weighted by molar-refractivity contribution is 5.84. The van der Waals surface area contributed by atoms with Crippen LogP contribution in [0, 0.1) is 17.5 Å². The van der Waals surface area contributed by atoms with E-state index in [-0.39, 0.29) is 18.4 Å². The number of ether oxygens (including phenoxy) is 2. The number of fused-ring (bicyclic) bond motifs is 1. The highest BCUT2D eigenvalue weighted by Crippen LogP contribution is 2.30. The molecule has 1 aromatic heterocycles. The summed E-state index contributed by atoms with van der Waals surface area (Å²) in [6.45, 7) is 2.67. The Morgan fingerprint density at radius 1 is 0.789 bits per heavy atom. The molecule has 0 saturated carbocycles. The number of hydrogen-bond acceptors (Lipinski definition) is 3. The van der Waals surface area contributed by atoms with E-state index in [2.05, 4.69) is 9.72 Å². The smallest absolute Gasteiger partial charge is 0.492 e. The van der Waals surface area contributed by atoms with Gasteiger partial charge in [0, 0.05) is 11.1 Å². The van der Waals surface area contributed by atoms with Crippen molar-refractivity contribution in [3.63, 3.8) is 0 Å². The summed E-state index contributed by atoms with van der Waals surface area (Å²) in [7, 11) is 0. The topological polar surface area (TPSA) is 31.4 Å². The van der Waals surface area contributed by atoms with Gasteiger partial charge in [-0.1, -0.05) is 37.3 Å². The number of nitrogens with zero attached hydrogens (tertiary/aromatic N) is 1. The summed E-state index contributed by atoms with van der Waals surface area (Å²) < 4.78 is 89.1. The average Bonchev–Trinajstić information content (AvgIpc) is 2.88. The van der Waals surface area contributed by atoms with Gasteiger partial charge in [-0.15, -0.1) is 13.2 Å². The van der Waals surface area contributed by atoms with Crippen molar-refractivity contribution in [3.05, 3.63) is 101 Å². The van der Waals surface area contributed by atoms with Crippen LogP contribution in [0.2, 0.25) is 0 Å². The van der Waals surface area contributed by atoms with Crippen molar-refractivity contribution < 1.29 is 35.8 Å². The van der Waals surface area contributed by atoms with E-state index < -0.39 is 29.6 Å². The van der Waals surface area contributed by atoms with E-state index in [0.717, 1.165) is 35.6 Å². The number of pyridine rings is 1. The summed E-state index contributed by atoms with van der Waals surface area (Å²) >= 11 is 0. The molecule has 0 spiro atoms. The van der Waals surface area contributed by atoms with Gasteiger partial charge in [0.05, 0.1) is 12.8 Å². The van der Waals surface area contributed by atoms with Crippen molar-refractivity contribution in [1.82, 2.24) is 4.98 Å². The molecule has 3 aromatic carbocycles. The van der Waals surface area contributed by atoms with Crippen LogP contribution in [0.15, 0.2) is 60.8 Å². The molecule has 0 aliphatic rings. The second-order valence-corrected chi connectivity index (χ2v) is 8.86. The van der Waals surface area contributed by atoms with E-state index in [0.29, 0.717) is 35.8 Å². The van der Waals surface area contributed by atoms with Gasteiger partial charge < -0.3 is 9.47 Å². The number of aromatic nitrogens is 1. The largest absolute Gasteiger partial charge is 0.573 e. The zero-order chi connectivity index (χ0) is 27.3. The molecule has 3 nitrogen and oxygen atoms in total. The fourth-order valence-electron chi connectivity index (χ4n) is 4.12. The molecule has 0 saturated heterocycles. The molecular weight excluding hydrogens is 508 g/mol. The quantitative estimate of drug-likeness (QED) is 0.194. The molecule has 4 aromatic rings. The minimum atomic E-state index is -5.22. The van der Waals surface area contributed by atoms with E-state index in [4.69, 9.17) is 4.74 Å². The molecular formula is C29H25F6NO2. The van der Waals surface area contributed by atoms with Crippen LogP contribution >= 0.6 is 0 Å². The molecule has 38 heavy (non-hydrogen) atoms. The first-order chi connectivity index (χ1) is 18.1. The van der Waals surface area contributed by atoms with Crippen LogP contribution in [-0.2, 0) is 25.7 Å². The summed E-state index contributed by atoms with van der Waals surface area (Å²) in [6.07, 6.45) is -1.04. The second-order valence-electron chi connectivity index (χ2n) is 8.86. The number of aryl methyl sites for hydroxylation is 4. The lowest BCUT2D eigenvalue weighted by atomic mass is 9.97.